The van der Waals surface area contributed by atoms with Crippen LogP contribution >= 0.6 is 0 Å². The largest absolute Gasteiger partial charge is 0.478 e. The van der Waals surface area contributed by atoms with Gasteiger partial charge in [0.15, 0.2) is 0 Å². The van der Waals surface area contributed by atoms with Crippen molar-refractivity contribution in [2.45, 2.75) is 18.7 Å². The number of rotatable bonds is 4. The van der Waals surface area contributed by atoms with Gasteiger partial charge >= 0.3 is 11.7 Å². The van der Waals surface area contributed by atoms with Gasteiger partial charge in [-0.25, -0.2) is 9.59 Å². The quantitative estimate of drug-likeness (QED) is 0.867. The van der Waals surface area contributed by atoms with E-state index in [-0.39, 0.29) is 16.5 Å². The topological polar surface area (TPSA) is 92.2 Å². The fourth-order valence-electron chi connectivity index (χ4n) is 1.84. The molecule has 2 N–H and O–H groups in total. The molecule has 102 valence electrons. The van der Waals surface area contributed by atoms with Crippen LogP contribution in [0.1, 0.15) is 17.3 Å². The van der Waals surface area contributed by atoms with Crippen molar-refractivity contribution in [3.63, 3.8) is 0 Å². The Bertz CT molecular complexity index is 716. The van der Waals surface area contributed by atoms with Crippen LogP contribution < -0.4 is 5.69 Å². The molecular formula is C12H14N2O4S. The lowest BCUT2D eigenvalue weighted by atomic mass is 10.2. The maximum atomic E-state index is 11.8. The number of fused-ring (bicyclic) bond motifs is 1. The number of hydrogen-bond acceptors (Lipinski definition) is 3. The van der Waals surface area contributed by atoms with Crippen LogP contribution in [0.3, 0.4) is 0 Å². The van der Waals surface area contributed by atoms with Crippen LogP contribution in [0.4, 0.5) is 0 Å². The number of carboxylic acid groups (broad SMARTS) is 1. The van der Waals surface area contributed by atoms with Crippen LogP contribution in [-0.2, 0) is 17.3 Å². The van der Waals surface area contributed by atoms with Gasteiger partial charge in [0, 0.05) is 28.9 Å². The number of aromatic carboxylic acids is 1. The highest BCUT2D eigenvalue weighted by Gasteiger charge is 2.14. The molecule has 1 aromatic carbocycles. The molecule has 0 bridgehead atoms. The summed E-state index contributed by atoms with van der Waals surface area (Å²) in [6.45, 7) is 2.13. The van der Waals surface area contributed by atoms with Crippen LogP contribution in [0.2, 0.25) is 0 Å². The molecule has 19 heavy (non-hydrogen) atoms. The first-order valence-corrected chi connectivity index (χ1v) is 7.30. The van der Waals surface area contributed by atoms with Gasteiger partial charge in [0.25, 0.3) is 0 Å². The molecule has 1 aromatic heterocycles. The third kappa shape index (κ3) is 2.60. The number of carboxylic acids is 1. The highest BCUT2D eigenvalue weighted by atomic mass is 32.2. The summed E-state index contributed by atoms with van der Waals surface area (Å²) in [5, 5.41) is 8.74. The molecule has 2 aromatic rings. The summed E-state index contributed by atoms with van der Waals surface area (Å²) in [6.07, 6.45) is 1.59. The summed E-state index contributed by atoms with van der Waals surface area (Å²) in [5.74, 6) is -1.04. The van der Waals surface area contributed by atoms with E-state index in [1.807, 2.05) is 0 Å². The minimum absolute atomic E-state index is 0.119. The van der Waals surface area contributed by atoms with Crippen molar-refractivity contribution in [1.29, 1.82) is 0 Å². The summed E-state index contributed by atoms with van der Waals surface area (Å²) < 4.78 is 12.8. The second kappa shape index (κ2) is 5.00. The van der Waals surface area contributed by atoms with E-state index >= 15 is 0 Å². The van der Waals surface area contributed by atoms with Crippen LogP contribution in [0.5, 0.6) is 0 Å². The number of carbonyl (C=O) groups is 1. The molecule has 0 saturated heterocycles. The molecule has 0 amide bonds. The number of imidazole rings is 1. The molecule has 1 heterocycles. The van der Waals surface area contributed by atoms with Gasteiger partial charge in [0.1, 0.15) is 0 Å². The van der Waals surface area contributed by atoms with Crippen molar-refractivity contribution in [3.8, 4) is 0 Å². The minimum atomic E-state index is -1.04. The fourth-order valence-corrected chi connectivity index (χ4v) is 2.20. The van der Waals surface area contributed by atoms with Gasteiger partial charge in [-0.3, -0.25) is 8.78 Å². The molecule has 0 aliphatic heterocycles. The Morgan fingerprint density at radius 3 is 2.79 bits per heavy atom. The fraction of sp³-hybridized carbons (Fsp3) is 0.333. The van der Waals surface area contributed by atoms with Crippen LogP contribution in [0.25, 0.3) is 11.0 Å². The van der Waals surface area contributed by atoms with Gasteiger partial charge in [-0.1, -0.05) is 0 Å². The summed E-state index contributed by atoms with van der Waals surface area (Å²) >= 11 is 0. The van der Waals surface area contributed by atoms with E-state index in [4.69, 9.17) is 5.11 Å². The van der Waals surface area contributed by atoms with E-state index in [2.05, 4.69) is 4.98 Å². The van der Waals surface area contributed by atoms with E-state index in [0.717, 1.165) is 0 Å². The van der Waals surface area contributed by atoms with E-state index in [9.17, 15) is 13.8 Å². The van der Waals surface area contributed by atoms with Crippen molar-refractivity contribution in [2.24, 2.45) is 0 Å². The number of nitrogens with zero attached hydrogens (tertiary/aromatic N) is 1. The lowest BCUT2D eigenvalue weighted by molar-refractivity contribution is 0.0697. The Hall–Kier alpha value is -1.89. The standard InChI is InChI=1S/C12H14N2O4S/c1-7(19(2)18)6-14-10-4-3-8(11(15)16)5-9(10)13-12(14)17/h3-5,7H,6H2,1-2H3,(H,13,17)(H,15,16). The lowest BCUT2D eigenvalue weighted by Crippen LogP contribution is -2.25. The highest BCUT2D eigenvalue weighted by Crippen LogP contribution is 2.14. The Morgan fingerprint density at radius 2 is 2.21 bits per heavy atom. The Morgan fingerprint density at radius 1 is 1.53 bits per heavy atom. The van der Waals surface area contributed by atoms with Crippen molar-refractivity contribution < 1.29 is 14.1 Å². The summed E-state index contributed by atoms with van der Waals surface area (Å²) in [5.41, 5.74) is 0.883. The molecule has 6 nitrogen and oxygen atoms in total. The average Bonchev–Trinajstić information content (AvgIpc) is 2.64. The first-order valence-electron chi connectivity index (χ1n) is 5.68. The van der Waals surface area contributed by atoms with E-state index in [1.54, 1.807) is 19.2 Å². The number of H-pyrrole nitrogens is 1. The summed E-state index contributed by atoms with van der Waals surface area (Å²) in [6, 6.07) is 4.45. The third-order valence-corrected chi connectivity index (χ3v) is 4.31. The van der Waals surface area contributed by atoms with Gasteiger partial charge < -0.3 is 10.1 Å². The van der Waals surface area contributed by atoms with E-state index in [1.165, 1.54) is 16.7 Å². The maximum Gasteiger partial charge on any atom is 0.335 e. The van der Waals surface area contributed by atoms with Crippen molar-refractivity contribution >= 4 is 27.8 Å². The van der Waals surface area contributed by atoms with Gasteiger partial charge in [-0.05, 0) is 25.1 Å². The predicted octanol–water partition coefficient (Wildman–Crippen LogP) is 0.795. The van der Waals surface area contributed by atoms with Crippen molar-refractivity contribution in [3.05, 3.63) is 34.2 Å². The number of aromatic amines is 1. The Labute approximate surface area is 111 Å². The molecule has 0 radical (unpaired) electrons. The maximum absolute atomic E-state index is 11.8. The van der Waals surface area contributed by atoms with Crippen LogP contribution in [-0.4, -0.2) is 36.3 Å². The van der Waals surface area contributed by atoms with Gasteiger partial charge in [0.05, 0.1) is 16.6 Å². The van der Waals surface area contributed by atoms with Gasteiger partial charge in [-0.2, -0.15) is 0 Å². The molecule has 7 heteroatoms. The van der Waals surface area contributed by atoms with Crippen LogP contribution in [0, 0.1) is 0 Å². The lowest BCUT2D eigenvalue weighted by Gasteiger charge is -2.09. The SMILES string of the molecule is CC(Cn1c(=O)[nH]c2cc(C(=O)O)ccc21)S(C)=O. The summed E-state index contributed by atoms with van der Waals surface area (Å²) in [7, 11) is -1.03. The van der Waals surface area contributed by atoms with Gasteiger partial charge in [-0.15, -0.1) is 0 Å². The monoisotopic (exact) mass is 282 g/mol. The number of aromatic nitrogens is 2. The first-order chi connectivity index (χ1) is 8.90. The second-order valence-corrected chi connectivity index (χ2v) is 6.19. The first kappa shape index (κ1) is 13.5. The van der Waals surface area contributed by atoms with Crippen molar-refractivity contribution in [1.82, 2.24) is 9.55 Å². The second-order valence-electron chi connectivity index (χ2n) is 4.39. The molecule has 2 rings (SSSR count). The molecule has 2 atom stereocenters. The van der Waals surface area contributed by atoms with E-state index < -0.39 is 16.8 Å². The summed E-state index contributed by atoms with van der Waals surface area (Å²) in [4.78, 5) is 25.3. The van der Waals surface area contributed by atoms with Crippen molar-refractivity contribution in [2.75, 3.05) is 6.26 Å². The zero-order valence-corrected chi connectivity index (χ0v) is 11.4. The van der Waals surface area contributed by atoms with Gasteiger partial charge in [0.2, 0.25) is 0 Å². The smallest absolute Gasteiger partial charge is 0.335 e. The highest BCUT2D eigenvalue weighted by molar-refractivity contribution is 7.84. The Kier molecular flexibility index (Phi) is 3.57. The number of hydrogen-bond donors (Lipinski definition) is 2. The minimum Gasteiger partial charge on any atom is -0.478 e. The molecule has 2 unspecified atom stereocenters. The number of nitrogens with one attached hydrogen (secondary N) is 1. The molecule has 0 spiro atoms. The predicted molar refractivity (Wildman–Crippen MR) is 73.0 cm³/mol. The average molecular weight is 282 g/mol. The molecule has 0 aliphatic rings. The third-order valence-electron chi connectivity index (χ3n) is 3.03. The zero-order valence-electron chi connectivity index (χ0n) is 10.5. The van der Waals surface area contributed by atoms with E-state index in [0.29, 0.717) is 17.6 Å². The molecule has 0 aliphatic carbocycles. The normalized spacial score (nSPS) is 14.4. The Balaban J connectivity index is 2.51. The molecular weight excluding hydrogens is 268 g/mol. The number of benzene rings is 1. The molecule has 0 saturated carbocycles. The van der Waals surface area contributed by atoms with Crippen LogP contribution in [0.15, 0.2) is 23.0 Å². The molecule has 0 fully saturated rings. The zero-order chi connectivity index (χ0) is 14.2.